The monoisotopic (exact) mass is 381 g/mol. The van der Waals surface area contributed by atoms with E-state index in [4.69, 9.17) is 9.47 Å². The Bertz CT molecular complexity index is 885. The number of benzene rings is 2. The minimum absolute atomic E-state index is 0.0179. The zero-order valence-electron chi connectivity index (χ0n) is 14.7. The minimum atomic E-state index is -0.0322. The molecule has 0 unspecified atom stereocenters. The van der Waals surface area contributed by atoms with Gasteiger partial charge >= 0.3 is 0 Å². The normalized spacial score (nSPS) is 17.9. The third-order valence-corrected chi connectivity index (χ3v) is 5.58. The molecule has 4 rings (SSSR count). The first-order valence-corrected chi connectivity index (χ1v) is 9.64. The third-order valence-electron chi connectivity index (χ3n) is 4.48. The molecule has 2 aliphatic heterocycles. The first-order valence-electron chi connectivity index (χ1n) is 8.82. The summed E-state index contributed by atoms with van der Waals surface area (Å²) in [6.07, 6.45) is 1.88. The smallest absolute Gasteiger partial charge is 0.260 e. The van der Waals surface area contributed by atoms with Crippen molar-refractivity contribution >= 4 is 29.5 Å². The zero-order chi connectivity index (χ0) is 18.6. The van der Waals surface area contributed by atoms with Gasteiger partial charge in [-0.3, -0.25) is 9.59 Å². The van der Waals surface area contributed by atoms with Crippen LogP contribution in [0.3, 0.4) is 0 Å². The largest absolute Gasteiger partial charge is 0.484 e. The van der Waals surface area contributed by atoms with Crippen LogP contribution in [0.15, 0.2) is 58.3 Å². The number of carbonyl (C=O) groups excluding carboxylic acids is 2. The molecule has 0 atom stereocenters. The summed E-state index contributed by atoms with van der Waals surface area (Å²) in [5.74, 6) is 0.662. The van der Waals surface area contributed by atoms with Gasteiger partial charge in [-0.1, -0.05) is 36.0 Å². The van der Waals surface area contributed by atoms with Crippen molar-refractivity contribution in [2.75, 3.05) is 32.9 Å². The summed E-state index contributed by atoms with van der Waals surface area (Å²) in [4.78, 5) is 28.0. The van der Waals surface area contributed by atoms with Crippen LogP contribution in [0.4, 0.5) is 0 Å². The molecule has 1 fully saturated rings. The highest BCUT2D eigenvalue weighted by molar-refractivity contribution is 8.04. The predicted molar refractivity (Wildman–Crippen MR) is 104 cm³/mol. The fourth-order valence-corrected chi connectivity index (χ4v) is 4.05. The van der Waals surface area contributed by atoms with Gasteiger partial charge in [-0.2, -0.15) is 0 Å². The van der Waals surface area contributed by atoms with Gasteiger partial charge in [-0.25, -0.2) is 0 Å². The topological polar surface area (TPSA) is 55.8 Å². The summed E-state index contributed by atoms with van der Waals surface area (Å²) in [7, 11) is 0. The number of allylic oxidation sites excluding steroid dienone is 1. The van der Waals surface area contributed by atoms with Crippen molar-refractivity contribution in [2.45, 2.75) is 4.90 Å². The van der Waals surface area contributed by atoms with Gasteiger partial charge in [-0.05, 0) is 35.9 Å². The Morgan fingerprint density at radius 3 is 2.59 bits per heavy atom. The first-order chi connectivity index (χ1) is 13.2. The molecule has 0 saturated carbocycles. The summed E-state index contributed by atoms with van der Waals surface area (Å²) in [5.41, 5.74) is 1.68. The van der Waals surface area contributed by atoms with Crippen LogP contribution in [-0.2, 0) is 9.53 Å². The fraction of sp³-hybridized carbons (Fsp3) is 0.238. The van der Waals surface area contributed by atoms with E-state index < -0.39 is 0 Å². The summed E-state index contributed by atoms with van der Waals surface area (Å²) < 4.78 is 10.8. The molecule has 27 heavy (non-hydrogen) atoms. The Morgan fingerprint density at radius 2 is 1.85 bits per heavy atom. The van der Waals surface area contributed by atoms with Gasteiger partial charge in [0.15, 0.2) is 6.61 Å². The third kappa shape index (κ3) is 4.07. The number of rotatable bonds is 4. The number of Topliss-reactive ketones (excluding diaryl/α,β-unsaturated/α-hetero) is 1. The lowest BCUT2D eigenvalue weighted by molar-refractivity contribution is -0.137. The molecule has 2 aromatic rings. The summed E-state index contributed by atoms with van der Waals surface area (Å²) in [5, 5.41) is 0. The summed E-state index contributed by atoms with van der Waals surface area (Å²) >= 11 is 1.49. The van der Waals surface area contributed by atoms with Crippen LogP contribution in [0.25, 0.3) is 6.08 Å². The van der Waals surface area contributed by atoms with E-state index in [1.807, 2.05) is 54.6 Å². The van der Waals surface area contributed by atoms with Crippen LogP contribution in [0.1, 0.15) is 15.9 Å². The second kappa shape index (κ2) is 7.98. The Kier molecular flexibility index (Phi) is 5.27. The fourth-order valence-electron chi connectivity index (χ4n) is 3.00. The standard InChI is InChI=1S/C21H19NO4S/c23-20(22-9-11-25-12-10-22)14-26-16-7-5-15(6-8-16)13-19-21(24)17-3-1-2-4-18(17)27-19/h1-8,13H,9-12,14H2/b19-13+. The predicted octanol–water partition coefficient (Wildman–Crippen LogP) is 3.25. The maximum absolute atomic E-state index is 12.4. The van der Waals surface area contributed by atoms with E-state index >= 15 is 0 Å². The maximum Gasteiger partial charge on any atom is 0.260 e. The molecule has 0 N–H and O–H groups in total. The molecular weight excluding hydrogens is 362 g/mol. The molecule has 0 bridgehead atoms. The van der Waals surface area contributed by atoms with E-state index in [2.05, 4.69) is 0 Å². The molecule has 1 amide bonds. The Hall–Kier alpha value is -2.57. The number of fused-ring (bicyclic) bond motifs is 1. The van der Waals surface area contributed by atoms with Crippen molar-refractivity contribution in [3.05, 3.63) is 64.6 Å². The van der Waals surface area contributed by atoms with Crippen molar-refractivity contribution in [3.8, 4) is 5.75 Å². The molecule has 2 aromatic carbocycles. The van der Waals surface area contributed by atoms with Crippen molar-refractivity contribution in [2.24, 2.45) is 0 Å². The minimum Gasteiger partial charge on any atom is -0.484 e. The van der Waals surface area contributed by atoms with E-state index in [1.54, 1.807) is 4.90 Å². The van der Waals surface area contributed by atoms with Gasteiger partial charge in [0.2, 0.25) is 5.78 Å². The Labute approximate surface area is 162 Å². The quantitative estimate of drug-likeness (QED) is 0.761. The second-order valence-corrected chi connectivity index (χ2v) is 7.37. The number of hydrogen-bond donors (Lipinski definition) is 0. The SMILES string of the molecule is O=C1/C(=C\c2ccc(OCC(=O)N3CCOCC3)cc2)Sc2ccccc21. The number of carbonyl (C=O) groups is 2. The summed E-state index contributed by atoms with van der Waals surface area (Å²) in [6.45, 7) is 2.40. The van der Waals surface area contributed by atoms with Crippen LogP contribution < -0.4 is 4.74 Å². The highest BCUT2D eigenvalue weighted by Crippen LogP contribution is 2.40. The van der Waals surface area contributed by atoms with Gasteiger partial charge in [0.05, 0.1) is 18.1 Å². The molecule has 0 spiro atoms. The lowest BCUT2D eigenvalue weighted by Gasteiger charge is -2.26. The van der Waals surface area contributed by atoms with Crippen molar-refractivity contribution < 1.29 is 19.1 Å². The van der Waals surface area contributed by atoms with Crippen LogP contribution >= 0.6 is 11.8 Å². The molecule has 1 saturated heterocycles. The van der Waals surface area contributed by atoms with Crippen molar-refractivity contribution in [1.82, 2.24) is 4.90 Å². The van der Waals surface area contributed by atoms with Crippen molar-refractivity contribution in [1.29, 1.82) is 0 Å². The molecule has 2 heterocycles. The average Bonchev–Trinajstić information content (AvgIpc) is 3.03. The molecular formula is C21H19NO4S. The Morgan fingerprint density at radius 1 is 1.11 bits per heavy atom. The van der Waals surface area contributed by atoms with E-state index in [-0.39, 0.29) is 18.3 Å². The van der Waals surface area contributed by atoms with Crippen LogP contribution in [0, 0.1) is 0 Å². The first kappa shape index (κ1) is 17.8. The van der Waals surface area contributed by atoms with E-state index in [9.17, 15) is 9.59 Å². The lowest BCUT2D eigenvalue weighted by Crippen LogP contribution is -2.42. The summed E-state index contributed by atoms with van der Waals surface area (Å²) in [6, 6.07) is 15.0. The van der Waals surface area contributed by atoms with Gasteiger partial charge in [0.1, 0.15) is 5.75 Å². The van der Waals surface area contributed by atoms with E-state index in [1.165, 1.54) is 11.8 Å². The number of ether oxygens (including phenoxy) is 2. The number of thioether (sulfide) groups is 1. The Balaban J connectivity index is 1.37. The molecule has 138 valence electrons. The number of nitrogens with zero attached hydrogens (tertiary/aromatic N) is 1. The molecule has 0 radical (unpaired) electrons. The van der Waals surface area contributed by atoms with Gasteiger partial charge in [-0.15, -0.1) is 0 Å². The number of amides is 1. The van der Waals surface area contributed by atoms with Crippen molar-refractivity contribution in [3.63, 3.8) is 0 Å². The van der Waals surface area contributed by atoms with Crippen LogP contribution in [0.2, 0.25) is 0 Å². The molecule has 6 heteroatoms. The molecule has 5 nitrogen and oxygen atoms in total. The second-order valence-electron chi connectivity index (χ2n) is 6.29. The van der Waals surface area contributed by atoms with E-state index in [0.717, 1.165) is 16.0 Å². The highest BCUT2D eigenvalue weighted by Gasteiger charge is 2.25. The maximum atomic E-state index is 12.4. The number of morpholine rings is 1. The highest BCUT2D eigenvalue weighted by atomic mass is 32.2. The molecule has 0 aromatic heterocycles. The zero-order valence-corrected chi connectivity index (χ0v) is 15.5. The van der Waals surface area contributed by atoms with E-state index in [0.29, 0.717) is 37.0 Å². The number of hydrogen-bond acceptors (Lipinski definition) is 5. The molecule has 0 aliphatic carbocycles. The molecule has 2 aliphatic rings. The van der Waals surface area contributed by atoms with Gasteiger partial charge in [0, 0.05) is 23.5 Å². The van der Waals surface area contributed by atoms with Crippen LogP contribution in [-0.4, -0.2) is 49.5 Å². The average molecular weight is 381 g/mol. The lowest BCUT2D eigenvalue weighted by atomic mass is 10.1. The van der Waals surface area contributed by atoms with Crippen LogP contribution in [0.5, 0.6) is 5.75 Å². The van der Waals surface area contributed by atoms with Gasteiger partial charge in [0.25, 0.3) is 5.91 Å². The number of ketones is 1. The van der Waals surface area contributed by atoms with Gasteiger partial charge < -0.3 is 14.4 Å².